The van der Waals surface area contributed by atoms with Crippen LogP contribution in [0.25, 0.3) is 0 Å². The van der Waals surface area contributed by atoms with Gasteiger partial charge in [-0.3, -0.25) is 5.43 Å². The van der Waals surface area contributed by atoms with Crippen molar-refractivity contribution in [3.63, 3.8) is 0 Å². The third kappa shape index (κ3) is 3.72. The topological polar surface area (TPSA) is 24.4 Å². The monoisotopic (exact) mass is 316 g/mol. The molecular formula is C14H9ClF4N2. The van der Waals surface area contributed by atoms with Gasteiger partial charge in [-0.2, -0.15) is 18.3 Å². The zero-order valence-electron chi connectivity index (χ0n) is 10.5. The SMILES string of the molecule is Fc1cccc(Cl)c1C=NNc1ccccc1C(F)(F)F. The van der Waals surface area contributed by atoms with E-state index in [4.69, 9.17) is 11.6 Å². The number of alkyl halides is 3. The molecule has 2 aromatic rings. The Hall–Kier alpha value is -2.08. The maximum Gasteiger partial charge on any atom is 0.418 e. The smallest absolute Gasteiger partial charge is 0.278 e. The summed E-state index contributed by atoms with van der Waals surface area (Å²) in [5, 5.41) is 3.72. The Balaban J connectivity index is 2.23. The zero-order valence-corrected chi connectivity index (χ0v) is 11.2. The van der Waals surface area contributed by atoms with Crippen molar-refractivity contribution in [2.75, 3.05) is 5.43 Å². The van der Waals surface area contributed by atoms with Gasteiger partial charge in [-0.25, -0.2) is 4.39 Å². The highest BCUT2D eigenvalue weighted by Gasteiger charge is 2.33. The third-order valence-corrected chi connectivity index (χ3v) is 2.94. The first-order chi connectivity index (χ1) is 9.89. The fourth-order valence-corrected chi connectivity index (χ4v) is 1.84. The van der Waals surface area contributed by atoms with Gasteiger partial charge in [0.1, 0.15) is 5.82 Å². The van der Waals surface area contributed by atoms with Crippen LogP contribution in [0.5, 0.6) is 0 Å². The molecule has 0 aliphatic heterocycles. The summed E-state index contributed by atoms with van der Waals surface area (Å²) in [6.45, 7) is 0. The van der Waals surface area contributed by atoms with Crippen molar-refractivity contribution in [2.45, 2.75) is 6.18 Å². The van der Waals surface area contributed by atoms with Gasteiger partial charge in [-0.1, -0.05) is 29.8 Å². The van der Waals surface area contributed by atoms with E-state index < -0.39 is 17.6 Å². The van der Waals surface area contributed by atoms with Gasteiger partial charge in [0.15, 0.2) is 0 Å². The lowest BCUT2D eigenvalue weighted by Gasteiger charge is -2.11. The summed E-state index contributed by atoms with van der Waals surface area (Å²) >= 11 is 5.78. The van der Waals surface area contributed by atoms with Crippen LogP contribution in [0.2, 0.25) is 5.02 Å². The van der Waals surface area contributed by atoms with E-state index in [2.05, 4.69) is 10.5 Å². The molecule has 0 aliphatic carbocycles. The molecule has 2 rings (SSSR count). The van der Waals surface area contributed by atoms with Gasteiger partial charge in [-0.15, -0.1) is 0 Å². The second-order valence-corrected chi connectivity index (χ2v) is 4.46. The van der Waals surface area contributed by atoms with E-state index in [9.17, 15) is 17.6 Å². The number of nitrogens with one attached hydrogen (secondary N) is 1. The molecule has 0 radical (unpaired) electrons. The predicted octanol–water partition coefficient (Wildman–Crippen LogP) is 4.94. The average Bonchev–Trinajstić information content (AvgIpc) is 2.41. The molecule has 0 bridgehead atoms. The number of benzene rings is 2. The first-order valence-electron chi connectivity index (χ1n) is 5.79. The maximum atomic E-state index is 13.5. The third-order valence-electron chi connectivity index (χ3n) is 2.61. The summed E-state index contributed by atoms with van der Waals surface area (Å²) in [6, 6.07) is 8.90. The number of rotatable bonds is 3. The summed E-state index contributed by atoms with van der Waals surface area (Å²) < 4.78 is 51.7. The number of nitrogens with zero attached hydrogens (tertiary/aromatic N) is 1. The van der Waals surface area contributed by atoms with Crippen LogP contribution in [0.4, 0.5) is 23.2 Å². The minimum absolute atomic E-state index is 0.00356. The van der Waals surface area contributed by atoms with Crippen LogP contribution in [-0.2, 0) is 6.18 Å². The van der Waals surface area contributed by atoms with Crippen LogP contribution in [0, 0.1) is 5.82 Å². The summed E-state index contributed by atoms with van der Waals surface area (Å²) in [5.74, 6) is -0.614. The first-order valence-corrected chi connectivity index (χ1v) is 6.16. The molecule has 0 saturated carbocycles. The summed E-state index contributed by atoms with van der Waals surface area (Å²) in [4.78, 5) is 0. The highest BCUT2D eigenvalue weighted by Crippen LogP contribution is 2.34. The molecule has 0 fully saturated rings. The lowest BCUT2D eigenvalue weighted by atomic mass is 10.2. The fourth-order valence-electron chi connectivity index (χ4n) is 1.63. The van der Waals surface area contributed by atoms with Crippen molar-refractivity contribution in [2.24, 2.45) is 5.10 Å². The molecule has 0 unspecified atom stereocenters. The molecule has 0 atom stereocenters. The Kier molecular flexibility index (Phi) is 4.47. The minimum atomic E-state index is -4.51. The fraction of sp³-hybridized carbons (Fsp3) is 0.0714. The molecular weight excluding hydrogens is 308 g/mol. The molecule has 0 aromatic heterocycles. The van der Waals surface area contributed by atoms with E-state index in [1.54, 1.807) is 0 Å². The number of halogens is 5. The van der Waals surface area contributed by atoms with E-state index in [1.165, 1.54) is 36.4 Å². The van der Waals surface area contributed by atoms with E-state index in [0.29, 0.717) is 0 Å². The van der Waals surface area contributed by atoms with Crippen LogP contribution in [-0.4, -0.2) is 6.21 Å². The van der Waals surface area contributed by atoms with Gasteiger partial charge in [-0.05, 0) is 24.3 Å². The molecule has 0 spiro atoms. The normalized spacial score (nSPS) is 11.9. The van der Waals surface area contributed by atoms with Gasteiger partial charge in [0.25, 0.3) is 0 Å². The van der Waals surface area contributed by atoms with E-state index in [0.717, 1.165) is 12.3 Å². The molecule has 1 N–H and O–H groups in total. The van der Waals surface area contributed by atoms with Gasteiger partial charge >= 0.3 is 6.18 Å². The molecule has 0 amide bonds. The van der Waals surface area contributed by atoms with Gasteiger partial charge < -0.3 is 0 Å². The largest absolute Gasteiger partial charge is 0.418 e. The van der Waals surface area contributed by atoms with Crippen molar-refractivity contribution in [3.8, 4) is 0 Å². The number of hydrogen-bond acceptors (Lipinski definition) is 2. The Morgan fingerprint density at radius 1 is 1.05 bits per heavy atom. The standard InChI is InChI=1S/C14H9ClF4N2/c15-11-5-3-6-12(16)9(11)8-20-21-13-7-2-1-4-10(13)14(17,18)19/h1-8,21H. The van der Waals surface area contributed by atoms with Gasteiger partial charge in [0.05, 0.1) is 22.5 Å². The average molecular weight is 317 g/mol. The molecule has 110 valence electrons. The minimum Gasteiger partial charge on any atom is -0.278 e. The molecule has 7 heteroatoms. The molecule has 2 aromatic carbocycles. The van der Waals surface area contributed by atoms with Gasteiger partial charge in [0, 0.05) is 5.56 Å². The number of anilines is 1. The van der Waals surface area contributed by atoms with Crippen molar-refractivity contribution >= 4 is 23.5 Å². The second-order valence-electron chi connectivity index (χ2n) is 4.05. The van der Waals surface area contributed by atoms with E-state index >= 15 is 0 Å². The molecule has 0 heterocycles. The maximum absolute atomic E-state index is 13.5. The van der Waals surface area contributed by atoms with E-state index in [1.807, 2.05) is 0 Å². The van der Waals surface area contributed by atoms with Crippen molar-refractivity contribution in [3.05, 3.63) is 64.4 Å². The molecule has 21 heavy (non-hydrogen) atoms. The van der Waals surface area contributed by atoms with Crippen LogP contribution in [0.15, 0.2) is 47.6 Å². The van der Waals surface area contributed by atoms with Crippen molar-refractivity contribution < 1.29 is 17.6 Å². The molecule has 0 saturated heterocycles. The zero-order chi connectivity index (χ0) is 15.5. The van der Waals surface area contributed by atoms with Crippen molar-refractivity contribution in [1.29, 1.82) is 0 Å². The lowest BCUT2D eigenvalue weighted by molar-refractivity contribution is -0.136. The van der Waals surface area contributed by atoms with Crippen LogP contribution in [0.3, 0.4) is 0 Å². The summed E-state index contributed by atoms with van der Waals surface area (Å²) in [5.41, 5.74) is 1.16. The Morgan fingerprint density at radius 2 is 1.76 bits per heavy atom. The number of hydrazone groups is 1. The Morgan fingerprint density at radius 3 is 2.43 bits per heavy atom. The molecule has 2 nitrogen and oxygen atoms in total. The van der Waals surface area contributed by atoms with Crippen LogP contribution in [0.1, 0.15) is 11.1 Å². The highest BCUT2D eigenvalue weighted by molar-refractivity contribution is 6.33. The summed E-state index contributed by atoms with van der Waals surface area (Å²) in [7, 11) is 0. The number of hydrogen-bond donors (Lipinski definition) is 1. The van der Waals surface area contributed by atoms with Crippen LogP contribution < -0.4 is 5.43 Å². The van der Waals surface area contributed by atoms with Crippen LogP contribution >= 0.6 is 11.6 Å². The highest BCUT2D eigenvalue weighted by atomic mass is 35.5. The summed E-state index contributed by atoms with van der Waals surface area (Å²) in [6.07, 6.45) is -3.47. The quantitative estimate of drug-likeness (QED) is 0.484. The Bertz CT molecular complexity index is 648. The van der Waals surface area contributed by atoms with Crippen molar-refractivity contribution in [1.82, 2.24) is 0 Å². The number of para-hydroxylation sites is 1. The van der Waals surface area contributed by atoms with E-state index in [-0.39, 0.29) is 16.3 Å². The predicted molar refractivity (Wildman–Crippen MR) is 74.1 cm³/mol. The lowest BCUT2D eigenvalue weighted by Crippen LogP contribution is -2.08. The second kappa shape index (κ2) is 6.13. The Labute approximate surface area is 123 Å². The first kappa shape index (κ1) is 15.3. The molecule has 0 aliphatic rings. The van der Waals surface area contributed by atoms with Gasteiger partial charge in [0.2, 0.25) is 0 Å².